The van der Waals surface area contributed by atoms with Crippen molar-refractivity contribution in [1.82, 2.24) is 14.8 Å². The van der Waals surface area contributed by atoms with Gasteiger partial charge in [0.2, 0.25) is 0 Å². The number of thioether (sulfide) groups is 1. The lowest BCUT2D eigenvalue weighted by Crippen LogP contribution is -2.09. The van der Waals surface area contributed by atoms with Crippen LogP contribution in [-0.2, 0) is 6.54 Å². The van der Waals surface area contributed by atoms with Gasteiger partial charge in [0.15, 0.2) is 16.8 Å². The molecular formula is C25H24N4O2S. The minimum atomic E-state index is 0.0548. The predicted octanol–water partition coefficient (Wildman–Crippen LogP) is 5.17. The van der Waals surface area contributed by atoms with Gasteiger partial charge in [0, 0.05) is 16.9 Å². The zero-order chi connectivity index (χ0) is 22.3. The number of ether oxygens (including phenoxy) is 1. The molecule has 1 aromatic heterocycles. The molecule has 4 aromatic rings. The van der Waals surface area contributed by atoms with Gasteiger partial charge >= 0.3 is 0 Å². The second kappa shape index (κ2) is 10.2. The van der Waals surface area contributed by atoms with Crippen molar-refractivity contribution >= 4 is 23.2 Å². The van der Waals surface area contributed by atoms with Crippen molar-refractivity contribution in [2.75, 3.05) is 18.2 Å². The first kappa shape index (κ1) is 21.6. The normalized spacial score (nSPS) is 10.7. The maximum Gasteiger partial charge on any atom is 0.196 e. The minimum absolute atomic E-state index is 0.0548. The molecule has 0 spiro atoms. The Hall–Kier alpha value is -3.58. The molecule has 0 unspecified atom stereocenters. The molecular weight excluding hydrogens is 420 g/mol. The van der Waals surface area contributed by atoms with Gasteiger partial charge in [-0.05, 0) is 43.3 Å². The van der Waals surface area contributed by atoms with Crippen LogP contribution in [0.15, 0.2) is 84.0 Å². The number of nitrogens with zero attached hydrogens (tertiary/aromatic N) is 3. The average Bonchev–Trinajstić information content (AvgIpc) is 3.25. The molecule has 0 bridgehead atoms. The van der Waals surface area contributed by atoms with Crippen LogP contribution in [0.1, 0.15) is 21.7 Å². The smallest absolute Gasteiger partial charge is 0.196 e. The molecule has 7 heteroatoms. The number of carbonyl (C=O) groups excluding carboxylic acids is 1. The third-order valence-electron chi connectivity index (χ3n) is 4.96. The molecule has 1 N–H and O–H groups in total. The molecule has 0 atom stereocenters. The van der Waals surface area contributed by atoms with Crippen molar-refractivity contribution in [2.45, 2.75) is 18.6 Å². The van der Waals surface area contributed by atoms with E-state index < -0.39 is 0 Å². The number of methoxy groups -OCH3 is 1. The van der Waals surface area contributed by atoms with E-state index in [1.54, 1.807) is 7.11 Å². The van der Waals surface area contributed by atoms with Crippen LogP contribution in [0.5, 0.6) is 5.75 Å². The molecule has 3 aromatic carbocycles. The number of hydrogen-bond donors (Lipinski definition) is 1. The van der Waals surface area contributed by atoms with Crippen LogP contribution in [-0.4, -0.2) is 33.4 Å². The number of aromatic nitrogens is 3. The van der Waals surface area contributed by atoms with Crippen molar-refractivity contribution in [3.05, 3.63) is 95.8 Å². The summed E-state index contributed by atoms with van der Waals surface area (Å²) in [6, 6.07) is 25.2. The molecule has 0 radical (unpaired) electrons. The second-order valence-corrected chi connectivity index (χ2v) is 8.17. The van der Waals surface area contributed by atoms with E-state index >= 15 is 0 Å². The summed E-state index contributed by atoms with van der Waals surface area (Å²) in [5, 5.41) is 12.9. The summed E-state index contributed by atoms with van der Waals surface area (Å²) < 4.78 is 7.26. The van der Waals surface area contributed by atoms with Gasteiger partial charge in [0.05, 0.1) is 19.4 Å². The molecule has 162 valence electrons. The van der Waals surface area contributed by atoms with Crippen LogP contribution in [0.2, 0.25) is 0 Å². The highest BCUT2D eigenvalue weighted by atomic mass is 32.2. The number of Topliss-reactive ketones (excluding diaryl/α,β-unsaturated/α-hetero) is 1. The number of anilines is 1. The van der Waals surface area contributed by atoms with Gasteiger partial charge in [-0.1, -0.05) is 59.8 Å². The largest absolute Gasteiger partial charge is 0.497 e. The first-order chi connectivity index (χ1) is 15.6. The summed E-state index contributed by atoms with van der Waals surface area (Å²) in [4.78, 5) is 12.6. The van der Waals surface area contributed by atoms with E-state index in [0.29, 0.717) is 17.3 Å². The zero-order valence-corrected chi connectivity index (χ0v) is 18.8. The standard InChI is InChI=1S/C25H24N4O2S/c1-18-8-10-20(11-9-18)26-16-24-27-28-25(29(24)21-12-14-22(31-2)15-13-21)32-17-23(30)19-6-4-3-5-7-19/h3-15,26H,16-17H2,1-2H3. The SMILES string of the molecule is COc1ccc(-n2c(CNc3ccc(C)cc3)nnc2SCC(=O)c2ccccc2)cc1. The van der Waals surface area contributed by atoms with E-state index in [0.717, 1.165) is 22.9 Å². The highest BCUT2D eigenvalue weighted by molar-refractivity contribution is 7.99. The molecule has 4 rings (SSSR count). The molecule has 6 nitrogen and oxygen atoms in total. The van der Waals surface area contributed by atoms with Crippen molar-refractivity contribution in [3.63, 3.8) is 0 Å². The monoisotopic (exact) mass is 444 g/mol. The minimum Gasteiger partial charge on any atom is -0.497 e. The van der Waals surface area contributed by atoms with Crippen LogP contribution in [0.4, 0.5) is 5.69 Å². The predicted molar refractivity (Wildman–Crippen MR) is 128 cm³/mol. The number of aryl methyl sites for hydroxylation is 1. The molecule has 0 amide bonds. The maximum absolute atomic E-state index is 12.6. The Morgan fingerprint density at radius 3 is 2.38 bits per heavy atom. The molecule has 0 aliphatic heterocycles. The zero-order valence-electron chi connectivity index (χ0n) is 18.0. The number of benzene rings is 3. The first-order valence-corrected chi connectivity index (χ1v) is 11.2. The van der Waals surface area contributed by atoms with E-state index in [1.165, 1.54) is 17.3 Å². The number of nitrogens with one attached hydrogen (secondary N) is 1. The molecule has 0 fully saturated rings. The highest BCUT2D eigenvalue weighted by Crippen LogP contribution is 2.25. The van der Waals surface area contributed by atoms with Gasteiger partial charge in [0.1, 0.15) is 5.75 Å². The number of hydrogen-bond acceptors (Lipinski definition) is 6. The third kappa shape index (κ3) is 5.18. The molecule has 32 heavy (non-hydrogen) atoms. The van der Waals surface area contributed by atoms with Gasteiger partial charge in [-0.25, -0.2) is 0 Å². The summed E-state index contributed by atoms with van der Waals surface area (Å²) in [7, 11) is 1.64. The Bertz CT molecular complexity index is 1170. The maximum atomic E-state index is 12.6. The summed E-state index contributed by atoms with van der Waals surface area (Å²) in [6.45, 7) is 2.56. The quantitative estimate of drug-likeness (QED) is 0.284. The van der Waals surface area contributed by atoms with E-state index in [1.807, 2.05) is 71.3 Å². The van der Waals surface area contributed by atoms with Crippen molar-refractivity contribution in [2.24, 2.45) is 0 Å². The third-order valence-corrected chi connectivity index (χ3v) is 5.89. The van der Waals surface area contributed by atoms with Gasteiger partial charge in [0.25, 0.3) is 0 Å². The van der Waals surface area contributed by atoms with E-state index in [9.17, 15) is 4.79 Å². The highest BCUT2D eigenvalue weighted by Gasteiger charge is 2.16. The van der Waals surface area contributed by atoms with Crippen molar-refractivity contribution < 1.29 is 9.53 Å². The fraction of sp³-hybridized carbons (Fsp3) is 0.160. The Balaban J connectivity index is 1.57. The number of carbonyl (C=O) groups is 1. The van der Waals surface area contributed by atoms with Crippen LogP contribution >= 0.6 is 11.8 Å². The first-order valence-electron chi connectivity index (χ1n) is 10.2. The van der Waals surface area contributed by atoms with Crippen LogP contribution in [0.3, 0.4) is 0 Å². The fourth-order valence-corrected chi connectivity index (χ4v) is 4.05. The lowest BCUT2D eigenvalue weighted by atomic mass is 10.2. The summed E-state index contributed by atoms with van der Waals surface area (Å²) >= 11 is 1.38. The van der Waals surface area contributed by atoms with Gasteiger partial charge < -0.3 is 10.1 Å². The second-order valence-electron chi connectivity index (χ2n) is 7.23. The van der Waals surface area contributed by atoms with E-state index in [4.69, 9.17) is 4.74 Å². The fourth-order valence-electron chi connectivity index (χ4n) is 3.19. The van der Waals surface area contributed by atoms with E-state index in [-0.39, 0.29) is 11.5 Å². The van der Waals surface area contributed by atoms with Crippen LogP contribution in [0, 0.1) is 6.92 Å². The topological polar surface area (TPSA) is 69.0 Å². The number of rotatable bonds is 9. The van der Waals surface area contributed by atoms with Crippen LogP contribution in [0.25, 0.3) is 5.69 Å². The lowest BCUT2D eigenvalue weighted by molar-refractivity contribution is 0.102. The molecule has 0 aliphatic rings. The number of ketones is 1. The summed E-state index contributed by atoms with van der Waals surface area (Å²) in [6.07, 6.45) is 0. The van der Waals surface area contributed by atoms with Gasteiger partial charge in [-0.2, -0.15) is 0 Å². The molecule has 0 saturated carbocycles. The Morgan fingerprint density at radius 2 is 1.69 bits per heavy atom. The Morgan fingerprint density at radius 1 is 0.969 bits per heavy atom. The summed E-state index contributed by atoms with van der Waals surface area (Å²) in [5.41, 5.74) is 3.81. The molecule has 0 aliphatic carbocycles. The van der Waals surface area contributed by atoms with Crippen molar-refractivity contribution in [1.29, 1.82) is 0 Å². The van der Waals surface area contributed by atoms with Gasteiger partial charge in [-0.3, -0.25) is 9.36 Å². The van der Waals surface area contributed by atoms with Gasteiger partial charge in [-0.15, -0.1) is 10.2 Å². The average molecular weight is 445 g/mol. The Kier molecular flexibility index (Phi) is 6.87. The molecule has 0 saturated heterocycles. The summed E-state index contributed by atoms with van der Waals surface area (Å²) in [5.74, 6) is 1.86. The molecule has 1 heterocycles. The van der Waals surface area contributed by atoms with Crippen LogP contribution < -0.4 is 10.1 Å². The Labute approximate surface area is 191 Å². The van der Waals surface area contributed by atoms with E-state index in [2.05, 4.69) is 34.6 Å². The van der Waals surface area contributed by atoms with Crippen molar-refractivity contribution in [3.8, 4) is 11.4 Å². The lowest BCUT2D eigenvalue weighted by Gasteiger charge is -2.12.